The number of aryl methyl sites for hydroxylation is 1. The molecule has 2 aromatic rings. The van der Waals surface area contributed by atoms with Crippen molar-refractivity contribution in [2.24, 2.45) is 0 Å². The van der Waals surface area contributed by atoms with Crippen LogP contribution in [0.2, 0.25) is 0 Å². The summed E-state index contributed by atoms with van der Waals surface area (Å²) in [7, 11) is 0. The van der Waals surface area contributed by atoms with Crippen LogP contribution in [0.25, 0.3) is 0 Å². The lowest BCUT2D eigenvalue weighted by molar-refractivity contribution is -0.117. The first kappa shape index (κ1) is 18.4. The molecule has 4 heteroatoms. The van der Waals surface area contributed by atoms with Crippen molar-refractivity contribution in [3.05, 3.63) is 77.9 Å². The van der Waals surface area contributed by atoms with Crippen LogP contribution in [-0.2, 0) is 17.8 Å². The Morgan fingerprint density at radius 2 is 2.00 bits per heavy atom. The Morgan fingerprint density at radius 1 is 1.24 bits per heavy atom. The van der Waals surface area contributed by atoms with E-state index >= 15 is 0 Å². The average molecular weight is 333 g/mol. The number of carbonyl (C=O) groups is 1. The second kappa shape index (κ2) is 9.41. The summed E-state index contributed by atoms with van der Waals surface area (Å²) >= 11 is 0. The molecule has 0 unspecified atom stereocenters. The van der Waals surface area contributed by atoms with Gasteiger partial charge in [-0.1, -0.05) is 37.3 Å². The predicted octanol–water partition coefficient (Wildman–Crippen LogP) is 3.75. The Hall–Kier alpha value is -2.90. The second-order valence-electron chi connectivity index (χ2n) is 5.87. The molecular weight excluding hydrogens is 310 g/mol. The summed E-state index contributed by atoms with van der Waals surface area (Å²) in [6.45, 7) is 7.31. The summed E-state index contributed by atoms with van der Waals surface area (Å²) in [5, 5.41) is 11.9. The van der Waals surface area contributed by atoms with Crippen LogP contribution in [0, 0.1) is 11.3 Å². The van der Waals surface area contributed by atoms with Crippen molar-refractivity contribution in [2.75, 3.05) is 18.4 Å². The maximum Gasteiger partial charge on any atom is 0.238 e. The fourth-order valence-electron chi connectivity index (χ4n) is 2.59. The third kappa shape index (κ3) is 5.91. The number of nitrogens with one attached hydrogen (secondary N) is 1. The third-order valence-electron chi connectivity index (χ3n) is 3.86. The fourth-order valence-corrected chi connectivity index (χ4v) is 2.59. The first-order valence-electron chi connectivity index (χ1n) is 8.35. The van der Waals surface area contributed by atoms with Gasteiger partial charge in [0.15, 0.2) is 0 Å². The molecule has 0 saturated heterocycles. The fraction of sp³-hybridized carbons (Fsp3) is 0.238. The van der Waals surface area contributed by atoms with Crippen molar-refractivity contribution in [1.82, 2.24) is 4.90 Å². The Labute approximate surface area is 149 Å². The summed E-state index contributed by atoms with van der Waals surface area (Å²) in [5.74, 6) is -0.0671. The first-order chi connectivity index (χ1) is 12.1. The second-order valence-corrected chi connectivity index (χ2v) is 5.87. The maximum atomic E-state index is 12.3. The van der Waals surface area contributed by atoms with E-state index in [4.69, 9.17) is 5.26 Å². The summed E-state index contributed by atoms with van der Waals surface area (Å²) in [6, 6.07) is 17.4. The number of hydrogen-bond acceptors (Lipinski definition) is 3. The number of nitriles is 1. The lowest BCUT2D eigenvalue weighted by Crippen LogP contribution is -2.33. The maximum absolute atomic E-state index is 12.3. The van der Waals surface area contributed by atoms with Crippen LogP contribution in [-0.4, -0.2) is 23.9 Å². The minimum atomic E-state index is -0.0671. The highest BCUT2D eigenvalue weighted by Crippen LogP contribution is 2.11. The van der Waals surface area contributed by atoms with Crippen molar-refractivity contribution in [2.45, 2.75) is 19.9 Å². The number of nitrogens with zero attached hydrogens (tertiary/aromatic N) is 2. The molecule has 0 aliphatic heterocycles. The molecule has 0 fully saturated rings. The lowest BCUT2D eigenvalue weighted by atomic mass is 10.1. The van der Waals surface area contributed by atoms with E-state index in [0.29, 0.717) is 18.7 Å². The van der Waals surface area contributed by atoms with Crippen LogP contribution < -0.4 is 5.32 Å². The largest absolute Gasteiger partial charge is 0.325 e. The summed E-state index contributed by atoms with van der Waals surface area (Å²) < 4.78 is 0. The molecule has 1 N–H and O–H groups in total. The van der Waals surface area contributed by atoms with Crippen molar-refractivity contribution >= 4 is 11.6 Å². The normalized spacial score (nSPS) is 10.3. The molecule has 0 heterocycles. The zero-order valence-electron chi connectivity index (χ0n) is 14.5. The van der Waals surface area contributed by atoms with Gasteiger partial charge in [0.1, 0.15) is 0 Å². The van der Waals surface area contributed by atoms with Crippen molar-refractivity contribution in [1.29, 1.82) is 5.26 Å². The van der Waals surface area contributed by atoms with Gasteiger partial charge in [0, 0.05) is 18.8 Å². The van der Waals surface area contributed by atoms with E-state index in [1.165, 1.54) is 5.56 Å². The summed E-state index contributed by atoms with van der Waals surface area (Å²) in [6.07, 6.45) is 2.75. The summed E-state index contributed by atoms with van der Waals surface area (Å²) in [5.41, 5.74) is 3.66. The Bertz CT molecular complexity index is 759. The molecule has 2 aromatic carbocycles. The summed E-state index contributed by atoms with van der Waals surface area (Å²) in [4.78, 5) is 14.3. The first-order valence-corrected chi connectivity index (χ1v) is 8.35. The zero-order chi connectivity index (χ0) is 18.1. The van der Waals surface area contributed by atoms with E-state index in [0.717, 1.165) is 17.7 Å². The minimum Gasteiger partial charge on any atom is -0.325 e. The Kier molecular flexibility index (Phi) is 6.94. The van der Waals surface area contributed by atoms with Crippen molar-refractivity contribution < 1.29 is 4.79 Å². The van der Waals surface area contributed by atoms with Crippen LogP contribution in [0.3, 0.4) is 0 Å². The Balaban J connectivity index is 1.98. The highest BCUT2D eigenvalue weighted by molar-refractivity contribution is 5.92. The van der Waals surface area contributed by atoms with E-state index in [9.17, 15) is 4.79 Å². The SMILES string of the molecule is C=CCN(CC(=O)Nc1ccc(CC)cc1)Cc1cccc(C#N)c1. The van der Waals surface area contributed by atoms with Crippen LogP contribution in [0.5, 0.6) is 0 Å². The van der Waals surface area contributed by atoms with Gasteiger partial charge in [-0.05, 0) is 41.8 Å². The van der Waals surface area contributed by atoms with Crippen molar-refractivity contribution in [3.8, 4) is 6.07 Å². The van der Waals surface area contributed by atoms with Gasteiger partial charge >= 0.3 is 0 Å². The number of rotatable bonds is 8. The van der Waals surface area contributed by atoms with Crippen LogP contribution in [0.4, 0.5) is 5.69 Å². The van der Waals surface area contributed by atoms with Gasteiger partial charge in [0.2, 0.25) is 5.91 Å². The molecule has 4 nitrogen and oxygen atoms in total. The van der Waals surface area contributed by atoms with Crippen molar-refractivity contribution in [3.63, 3.8) is 0 Å². The molecule has 0 bridgehead atoms. The van der Waals surface area contributed by atoms with E-state index in [1.807, 2.05) is 47.4 Å². The van der Waals surface area contributed by atoms with Gasteiger partial charge in [-0.3, -0.25) is 9.69 Å². The molecule has 0 radical (unpaired) electrons. The molecule has 0 saturated carbocycles. The van der Waals surface area contributed by atoms with Gasteiger partial charge in [-0.25, -0.2) is 0 Å². The standard InChI is InChI=1S/C21H23N3O/c1-3-12-24(15-19-7-5-6-18(13-19)14-22)16-21(25)23-20-10-8-17(4-2)9-11-20/h3,5-11,13H,1,4,12,15-16H2,2H3,(H,23,25). The number of carbonyl (C=O) groups excluding carboxylic acids is 1. The molecule has 25 heavy (non-hydrogen) atoms. The number of benzene rings is 2. The molecule has 2 rings (SSSR count). The van der Waals surface area contributed by atoms with E-state index < -0.39 is 0 Å². The average Bonchev–Trinajstić information content (AvgIpc) is 2.62. The van der Waals surface area contributed by atoms with Crippen LogP contribution in [0.1, 0.15) is 23.6 Å². The number of hydrogen-bond donors (Lipinski definition) is 1. The lowest BCUT2D eigenvalue weighted by Gasteiger charge is -2.20. The van der Waals surface area contributed by atoms with Crippen LogP contribution >= 0.6 is 0 Å². The smallest absolute Gasteiger partial charge is 0.238 e. The van der Waals surface area contributed by atoms with E-state index in [-0.39, 0.29) is 12.5 Å². The van der Waals surface area contributed by atoms with Crippen LogP contribution in [0.15, 0.2) is 61.2 Å². The molecule has 0 aliphatic rings. The minimum absolute atomic E-state index is 0.0671. The van der Waals surface area contributed by atoms with Gasteiger partial charge < -0.3 is 5.32 Å². The molecule has 128 valence electrons. The van der Waals surface area contributed by atoms with Gasteiger partial charge in [-0.15, -0.1) is 6.58 Å². The molecular formula is C21H23N3O. The molecule has 0 atom stereocenters. The Morgan fingerprint density at radius 3 is 2.64 bits per heavy atom. The topological polar surface area (TPSA) is 56.1 Å². The molecule has 1 amide bonds. The van der Waals surface area contributed by atoms with Gasteiger partial charge in [0.25, 0.3) is 0 Å². The number of anilines is 1. The van der Waals surface area contributed by atoms with Gasteiger partial charge in [-0.2, -0.15) is 5.26 Å². The zero-order valence-corrected chi connectivity index (χ0v) is 14.5. The van der Waals surface area contributed by atoms with E-state index in [1.54, 1.807) is 12.1 Å². The third-order valence-corrected chi connectivity index (χ3v) is 3.86. The highest BCUT2D eigenvalue weighted by atomic mass is 16.2. The number of amides is 1. The van der Waals surface area contributed by atoms with Gasteiger partial charge in [0.05, 0.1) is 18.2 Å². The monoisotopic (exact) mass is 333 g/mol. The predicted molar refractivity (Wildman–Crippen MR) is 101 cm³/mol. The molecule has 0 spiro atoms. The highest BCUT2D eigenvalue weighted by Gasteiger charge is 2.11. The van der Waals surface area contributed by atoms with E-state index in [2.05, 4.69) is 24.9 Å². The molecule has 0 aliphatic carbocycles. The molecule has 0 aromatic heterocycles. The quantitative estimate of drug-likeness (QED) is 0.749.